The van der Waals surface area contributed by atoms with Crippen LogP contribution in [0.3, 0.4) is 0 Å². The molecule has 0 fully saturated rings. The highest BCUT2D eigenvalue weighted by molar-refractivity contribution is 6.30. The van der Waals surface area contributed by atoms with Gasteiger partial charge in [-0.05, 0) is 35.7 Å². The Kier molecular flexibility index (Phi) is 4.00. The second-order valence-electron chi connectivity index (χ2n) is 5.33. The average Bonchev–Trinajstić information content (AvgIpc) is 2.84. The first-order chi connectivity index (χ1) is 10.2. The minimum absolute atomic E-state index is 0.163. The SMILES string of the molecule is Cn1cc([C@H](CCO)c2ccc(Cl)cc2)c2ccccc21. The van der Waals surface area contributed by atoms with Gasteiger partial charge < -0.3 is 9.67 Å². The van der Waals surface area contributed by atoms with Crippen LogP contribution in [0.2, 0.25) is 5.02 Å². The Labute approximate surface area is 129 Å². The summed E-state index contributed by atoms with van der Waals surface area (Å²) in [5.41, 5.74) is 3.65. The highest BCUT2D eigenvalue weighted by Gasteiger charge is 2.18. The van der Waals surface area contributed by atoms with Crippen molar-refractivity contribution in [3.63, 3.8) is 0 Å². The number of hydrogen-bond donors (Lipinski definition) is 1. The Morgan fingerprint density at radius 3 is 2.52 bits per heavy atom. The Balaban J connectivity index is 2.13. The summed E-state index contributed by atoms with van der Waals surface area (Å²) in [4.78, 5) is 0. The Bertz CT molecular complexity index is 746. The number of aliphatic hydroxyl groups is 1. The molecule has 3 rings (SSSR count). The molecule has 0 spiro atoms. The van der Waals surface area contributed by atoms with E-state index in [4.69, 9.17) is 11.6 Å². The molecule has 3 aromatic rings. The molecule has 0 aliphatic rings. The molecule has 108 valence electrons. The van der Waals surface area contributed by atoms with Crippen molar-refractivity contribution in [2.24, 2.45) is 7.05 Å². The average molecular weight is 300 g/mol. The van der Waals surface area contributed by atoms with Gasteiger partial charge in [0.15, 0.2) is 0 Å². The lowest BCUT2D eigenvalue weighted by Gasteiger charge is -2.16. The van der Waals surface area contributed by atoms with E-state index in [0.29, 0.717) is 6.42 Å². The fourth-order valence-corrected chi connectivity index (χ4v) is 3.10. The first-order valence-electron chi connectivity index (χ1n) is 7.11. The molecular formula is C18H18ClNO. The normalized spacial score (nSPS) is 12.7. The third-order valence-corrected chi connectivity index (χ3v) is 4.25. The number of fused-ring (bicyclic) bond motifs is 1. The van der Waals surface area contributed by atoms with Crippen LogP contribution in [-0.4, -0.2) is 16.3 Å². The minimum Gasteiger partial charge on any atom is -0.396 e. The summed E-state index contributed by atoms with van der Waals surface area (Å²) in [7, 11) is 2.06. The van der Waals surface area contributed by atoms with E-state index in [9.17, 15) is 5.11 Å². The molecular weight excluding hydrogens is 282 g/mol. The molecule has 2 nitrogen and oxygen atoms in total. The Morgan fingerprint density at radius 1 is 1.10 bits per heavy atom. The molecule has 1 heterocycles. The van der Waals surface area contributed by atoms with Crippen LogP contribution < -0.4 is 0 Å². The van der Waals surface area contributed by atoms with Gasteiger partial charge in [0.2, 0.25) is 0 Å². The Morgan fingerprint density at radius 2 is 1.81 bits per heavy atom. The summed E-state index contributed by atoms with van der Waals surface area (Å²) < 4.78 is 2.14. The zero-order chi connectivity index (χ0) is 14.8. The van der Waals surface area contributed by atoms with Gasteiger partial charge >= 0.3 is 0 Å². The maximum Gasteiger partial charge on any atom is 0.0480 e. The monoisotopic (exact) mass is 299 g/mol. The Hall–Kier alpha value is -1.77. The van der Waals surface area contributed by atoms with Crippen molar-refractivity contribution in [1.82, 2.24) is 4.57 Å². The topological polar surface area (TPSA) is 25.2 Å². The van der Waals surface area contributed by atoms with Crippen molar-refractivity contribution in [2.45, 2.75) is 12.3 Å². The number of aryl methyl sites for hydroxylation is 1. The second-order valence-corrected chi connectivity index (χ2v) is 5.77. The predicted octanol–water partition coefficient (Wildman–Crippen LogP) is 4.35. The molecule has 0 bridgehead atoms. The van der Waals surface area contributed by atoms with Crippen LogP contribution in [0.15, 0.2) is 54.7 Å². The smallest absolute Gasteiger partial charge is 0.0480 e. The van der Waals surface area contributed by atoms with Crippen LogP contribution in [0.4, 0.5) is 0 Å². The van der Waals surface area contributed by atoms with E-state index in [0.717, 1.165) is 5.02 Å². The van der Waals surface area contributed by atoms with E-state index >= 15 is 0 Å². The summed E-state index contributed by atoms with van der Waals surface area (Å²) in [5.74, 6) is 0.179. The summed E-state index contributed by atoms with van der Waals surface area (Å²) in [6.45, 7) is 0.163. The maximum absolute atomic E-state index is 9.46. The van der Waals surface area contributed by atoms with Gasteiger partial charge in [0.05, 0.1) is 0 Å². The van der Waals surface area contributed by atoms with Crippen molar-refractivity contribution in [3.8, 4) is 0 Å². The van der Waals surface area contributed by atoms with E-state index < -0.39 is 0 Å². The van der Waals surface area contributed by atoms with Crippen molar-refractivity contribution >= 4 is 22.5 Å². The predicted molar refractivity (Wildman–Crippen MR) is 87.9 cm³/mol. The lowest BCUT2D eigenvalue weighted by atomic mass is 9.88. The molecule has 0 radical (unpaired) electrons. The molecule has 21 heavy (non-hydrogen) atoms. The van der Waals surface area contributed by atoms with Gasteiger partial charge in [-0.1, -0.05) is 41.9 Å². The maximum atomic E-state index is 9.46. The van der Waals surface area contributed by atoms with Crippen LogP contribution in [0, 0.1) is 0 Å². The second kappa shape index (κ2) is 5.92. The van der Waals surface area contributed by atoms with E-state index in [-0.39, 0.29) is 12.5 Å². The summed E-state index contributed by atoms with van der Waals surface area (Å²) in [6, 6.07) is 16.3. The highest BCUT2D eigenvalue weighted by atomic mass is 35.5. The van der Waals surface area contributed by atoms with Gasteiger partial charge in [-0.3, -0.25) is 0 Å². The number of halogens is 1. The molecule has 0 saturated carbocycles. The molecule has 0 saturated heterocycles. The van der Waals surface area contributed by atoms with Gasteiger partial charge in [-0.25, -0.2) is 0 Å². The van der Waals surface area contributed by atoms with Crippen LogP contribution in [0.1, 0.15) is 23.5 Å². The van der Waals surface area contributed by atoms with E-state index in [1.165, 1.54) is 22.0 Å². The number of aliphatic hydroxyl groups excluding tert-OH is 1. The largest absolute Gasteiger partial charge is 0.396 e. The van der Waals surface area contributed by atoms with Gasteiger partial charge in [-0.15, -0.1) is 0 Å². The number of rotatable bonds is 4. The van der Waals surface area contributed by atoms with Gasteiger partial charge in [0.25, 0.3) is 0 Å². The number of benzene rings is 2. The lowest BCUT2D eigenvalue weighted by molar-refractivity contribution is 0.282. The quantitative estimate of drug-likeness (QED) is 0.761. The third kappa shape index (κ3) is 2.69. The van der Waals surface area contributed by atoms with Gasteiger partial charge in [0.1, 0.15) is 0 Å². The standard InChI is InChI=1S/C18H18ClNO/c1-20-12-17(16-4-2-3-5-18(16)20)15(10-11-21)13-6-8-14(19)9-7-13/h2-9,12,15,21H,10-11H2,1H3/t15-/m1/s1. The molecule has 0 amide bonds. The first kappa shape index (κ1) is 14.2. The van der Waals surface area contributed by atoms with Crippen LogP contribution >= 0.6 is 11.6 Å². The molecule has 0 aliphatic carbocycles. The zero-order valence-electron chi connectivity index (χ0n) is 12.0. The molecule has 1 N–H and O–H groups in total. The third-order valence-electron chi connectivity index (χ3n) is 3.99. The van der Waals surface area contributed by atoms with Crippen LogP contribution in [-0.2, 0) is 7.05 Å². The fourth-order valence-electron chi connectivity index (χ4n) is 2.98. The fraction of sp³-hybridized carbons (Fsp3) is 0.222. The van der Waals surface area contributed by atoms with E-state index in [1.807, 2.05) is 24.3 Å². The zero-order valence-corrected chi connectivity index (χ0v) is 12.7. The summed E-state index contributed by atoms with van der Waals surface area (Å²) in [6.07, 6.45) is 2.87. The van der Waals surface area contributed by atoms with Crippen molar-refractivity contribution < 1.29 is 5.11 Å². The highest BCUT2D eigenvalue weighted by Crippen LogP contribution is 2.34. The van der Waals surface area contributed by atoms with Crippen LogP contribution in [0.25, 0.3) is 10.9 Å². The first-order valence-corrected chi connectivity index (χ1v) is 7.49. The summed E-state index contributed by atoms with van der Waals surface area (Å²) in [5, 5.41) is 11.4. The van der Waals surface area contributed by atoms with Crippen molar-refractivity contribution in [3.05, 3.63) is 70.9 Å². The van der Waals surface area contributed by atoms with E-state index in [1.54, 1.807) is 0 Å². The number of nitrogens with zero attached hydrogens (tertiary/aromatic N) is 1. The van der Waals surface area contributed by atoms with Crippen molar-refractivity contribution in [2.75, 3.05) is 6.61 Å². The van der Waals surface area contributed by atoms with Crippen LogP contribution in [0.5, 0.6) is 0 Å². The molecule has 3 heteroatoms. The lowest BCUT2D eigenvalue weighted by Crippen LogP contribution is -2.03. The number of para-hydroxylation sites is 1. The number of hydrogen-bond acceptors (Lipinski definition) is 1. The molecule has 0 aliphatic heterocycles. The molecule has 1 aromatic heterocycles. The molecule has 2 aromatic carbocycles. The van der Waals surface area contributed by atoms with Gasteiger partial charge in [-0.2, -0.15) is 0 Å². The van der Waals surface area contributed by atoms with E-state index in [2.05, 4.69) is 42.1 Å². The molecule has 0 unspecified atom stereocenters. The molecule has 1 atom stereocenters. The summed E-state index contributed by atoms with van der Waals surface area (Å²) >= 11 is 5.99. The van der Waals surface area contributed by atoms with Gasteiger partial charge in [0, 0.05) is 41.7 Å². The number of aromatic nitrogens is 1. The van der Waals surface area contributed by atoms with Crippen molar-refractivity contribution in [1.29, 1.82) is 0 Å². The minimum atomic E-state index is 0.163.